The minimum atomic E-state index is -1.22. The second-order valence-electron chi connectivity index (χ2n) is 3.16. The normalized spacial score (nSPS) is 10.3. The van der Waals surface area contributed by atoms with E-state index in [4.69, 9.17) is 5.11 Å². The Labute approximate surface area is 92.0 Å². The van der Waals surface area contributed by atoms with Crippen molar-refractivity contribution < 1.29 is 19.8 Å². The molecule has 16 heavy (non-hydrogen) atoms. The molecule has 0 atom stereocenters. The number of hydrogen-bond donors (Lipinski definition) is 2. The number of carbonyl (C=O) groups excluding carboxylic acids is 1. The number of carboxylic acids is 1. The standard InChI is InChI=1S/C11H11NO4/c1-7-2-3-9(13)8(6-7)12-10(14)4-5-11(15)16/h2-6,13H,1H3,(H,12,14)(H,15,16)/p-1/b5-4+. The number of benzene rings is 1. The second-order valence-corrected chi connectivity index (χ2v) is 3.16. The lowest BCUT2D eigenvalue weighted by molar-refractivity contribution is -0.267. The van der Waals surface area contributed by atoms with Crippen molar-refractivity contribution in [2.75, 3.05) is 5.32 Å². The van der Waals surface area contributed by atoms with E-state index in [0.29, 0.717) is 6.08 Å². The summed E-state index contributed by atoms with van der Waals surface area (Å²) in [4.78, 5) is 21.3. The van der Waals surface area contributed by atoms with Crippen LogP contribution < -0.4 is 10.4 Å². The molecule has 0 spiro atoms. The number of aryl methyl sites for hydroxylation is 1. The molecule has 0 aromatic heterocycles. The maximum atomic E-state index is 11.3. The first kappa shape index (κ1) is 11.8. The van der Waals surface area contributed by atoms with Crippen LogP contribution in [-0.4, -0.2) is 17.0 Å². The van der Waals surface area contributed by atoms with Crippen LogP contribution in [-0.2, 0) is 9.59 Å². The number of carboxylic acid groups (broad SMARTS) is 1. The van der Waals surface area contributed by atoms with Crippen LogP contribution in [0.2, 0.25) is 0 Å². The van der Waals surface area contributed by atoms with Crippen LogP contribution in [0.5, 0.6) is 5.75 Å². The van der Waals surface area contributed by atoms with Crippen molar-refractivity contribution in [2.45, 2.75) is 6.92 Å². The molecule has 0 radical (unpaired) electrons. The van der Waals surface area contributed by atoms with Gasteiger partial charge in [0.25, 0.3) is 0 Å². The zero-order valence-electron chi connectivity index (χ0n) is 8.56. The van der Waals surface area contributed by atoms with E-state index >= 15 is 0 Å². The van der Waals surface area contributed by atoms with Gasteiger partial charge in [0.1, 0.15) is 0 Å². The van der Waals surface area contributed by atoms with E-state index in [0.717, 1.165) is 11.6 Å². The van der Waals surface area contributed by atoms with Gasteiger partial charge in [-0.3, -0.25) is 4.79 Å². The van der Waals surface area contributed by atoms with Crippen LogP contribution in [0.4, 0.5) is 5.69 Å². The zero-order valence-corrected chi connectivity index (χ0v) is 8.56. The lowest BCUT2D eigenvalue weighted by Crippen LogP contribution is -2.11. The van der Waals surface area contributed by atoms with Crippen molar-refractivity contribution in [3.8, 4) is 5.75 Å². The van der Waals surface area contributed by atoms with Gasteiger partial charge in [-0.15, -0.1) is 0 Å². The summed E-state index contributed by atoms with van der Waals surface area (Å²) in [6.45, 7) is 1.78. The summed E-state index contributed by atoms with van der Waals surface area (Å²) in [7, 11) is 0. The molecule has 1 aromatic rings. The summed E-state index contributed by atoms with van der Waals surface area (Å²) in [6, 6.07) is 4.49. The summed E-state index contributed by atoms with van der Waals surface area (Å²) in [6.07, 6.45) is 1.56. The highest BCUT2D eigenvalue weighted by Crippen LogP contribution is 2.20. The average Bonchev–Trinajstić information content (AvgIpc) is 2.20. The third-order valence-electron chi connectivity index (χ3n) is 1.77. The van der Waals surface area contributed by atoms with E-state index < -0.39 is 11.9 Å². The monoisotopic (exact) mass is 220 g/mol. The van der Waals surface area contributed by atoms with Crippen molar-refractivity contribution >= 4 is 17.6 Å². The third-order valence-corrected chi connectivity index (χ3v) is 1.77. The quantitative estimate of drug-likeness (QED) is 0.732. The smallest absolute Gasteiger partial charge is 0.328 e. The zero-order chi connectivity index (χ0) is 12.1. The van der Waals surface area contributed by atoms with Crippen LogP contribution in [0.25, 0.3) is 0 Å². The molecule has 0 heterocycles. The van der Waals surface area contributed by atoms with E-state index in [1.807, 2.05) is 0 Å². The Hall–Kier alpha value is -2.30. The summed E-state index contributed by atoms with van der Waals surface area (Å²) in [5.74, 6) is -2.19. The highest BCUT2D eigenvalue weighted by Gasteiger charge is 2.00. The summed E-state index contributed by atoms with van der Waals surface area (Å²) in [5.41, 5.74) is 0.970. The largest absolute Gasteiger partial charge is 0.871 e. The number of hydrogen-bond acceptors (Lipinski definition) is 3. The summed E-state index contributed by atoms with van der Waals surface area (Å²) >= 11 is 0. The van der Waals surface area contributed by atoms with E-state index in [9.17, 15) is 14.7 Å². The Balaban J connectivity index is 2.77. The molecule has 1 aromatic carbocycles. The Kier molecular flexibility index (Phi) is 3.66. The fourth-order valence-electron chi connectivity index (χ4n) is 1.06. The topological polar surface area (TPSA) is 89.5 Å². The number of rotatable bonds is 3. The molecule has 0 aliphatic rings. The maximum absolute atomic E-state index is 11.3. The van der Waals surface area contributed by atoms with Gasteiger partial charge in [-0.1, -0.05) is 17.9 Å². The van der Waals surface area contributed by atoms with Gasteiger partial charge in [0, 0.05) is 17.8 Å². The number of carbonyl (C=O) groups is 2. The van der Waals surface area contributed by atoms with E-state index in [2.05, 4.69) is 5.32 Å². The van der Waals surface area contributed by atoms with Crippen LogP contribution in [0.15, 0.2) is 30.4 Å². The molecule has 0 saturated carbocycles. The molecule has 1 rings (SSSR count). The molecule has 2 N–H and O–H groups in total. The van der Waals surface area contributed by atoms with Crippen molar-refractivity contribution in [3.63, 3.8) is 0 Å². The Morgan fingerprint density at radius 1 is 1.38 bits per heavy atom. The van der Waals surface area contributed by atoms with Crippen molar-refractivity contribution in [2.24, 2.45) is 0 Å². The lowest BCUT2D eigenvalue weighted by atomic mass is 10.2. The molecule has 0 fully saturated rings. The van der Waals surface area contributed by atoms with E-state index in [-0.39, 0.29) is 11.4 Å². The molecule has 84 valence electrons. The third kappa shape index (κ3) is 3.45. The van der Waals surface area contributed by atoms with Crippen molar-refractivity contribution in [1.29, 1.82) is 0 Å². The molecular weight excluding hydrogens is 210 g/mol. The summed E-state index contributed by atoms with van der Waals surface area (Å²) in [5, 5.41) is 21.9. The van der Waals surface area contributed by atoms with E-state index in [1.165, 1.54) is 12.1 Å². The molecule has 0 bridgehead atoms. The highest BCUT2D eigenvalue weighted by atomic mass is 16.4. The number of aliphatic carboxylic acids is 1. The Bertz CT molecular complexity index is 451. The van der Waals surface area contributed by atoms with Crippen LogP contribution in [0, 0.1) is 6.92 Å². The van der Waals surface area contributed by atoms with Crippen LogP contribution >= 0.6 is 0 Å². The van der Waals surface area contributed by atoms with Gasteiger partial charge < -0.3 is 15.5 Å². The Morgan fingerprint density at radius 3 is 2.69 bits per heavy atom. The predicted molar refractivity (Wildman–Crippen MR) is 56.0 cm³/mol. The first-order valence-electron chi connectivity index (χ1n) is 4.48. The highest BCUT2D eigenvalue weighted by molar-refractivity contribution is 6.03. The molecular formula is C11H10NO4-. The first-order valence-corrected chi connectivity index (χ1v) is 4.48. The average molecular weight is 220 g/mol. The van der Waals surface area contributed by atoms with Crippen molar-refractivity contribution in [1.82, 2.24) is 0 Å². The van der Waals surface area contributed by atoms with Gasteiger partial charge in [-0.2, -0.15) is 0 Å². The maximum Gasteiger partial charge on any atom is 0.328 e. The number of nitrogens with one attached hydrogen (secondary N) is 1. The van der Waals surface area contributed by atoms with Gasteiger partial charge in [0.2, 0.25) is 5.91 Å². The molecule has 5 nitrogen and oxygen atoms in total. The SMILES string of the molecule is Cc1ccc([O-])c(NC(=O)/C=C/C(=O)O)c1. The number of anilines is 1. The van der Waals surface area contributed by atoms with Gasteiger partial charge in [-0.25, -0.2) is 4.79 Å². The predicted octanol–water partition coefficient (Wildman–Crippen LogP) is 0.648. The van der Waals surface area contributed by atoms with Crippen molar-refractivity contribution in [3.05, 3.63) is 35.9 Å². The van der Waals surface area contributed by atoms with Crippen LogP contribution in [0.1, 0.15) is 5.56 Å². The Morgan fingerprint density at radius 2 is 2.06 bits per heavy atom. The molecule has 0 unspecified atom stereocenters. The van der Waals surface area contributed by atoms with Gasteiger partial charge >= 0.3 is 5.97 Å². The van der Waals surface area contributed by atoms with Crippen LogP contribution in [0.3, 0.4) is 0 Å². The van der Waals surface area contributed by atoms with E-state index in [1.54, 1.807) is 13.0 Å². The molecule has 5 heteroatoms. The first-order chi connectivity index (χ1) is 7.49. The fraction of sp³-hybridized carbons (Fsp3) is 0.0909. The molecule has 0 aliphatic heterocycles. The van der Waals surface area contributed by atoms with Gasteiger partial charge in [0.15, 0.2) is 0 Å². The minimum Gasteiger partial charge on any atom is -0.871 e. The molecule has 1 amide bonds. The summed E-state index contributed by atoms with van der Waals surface area (Å²) < 4.78 is 0. The number of amides is 1. The minimum absolute atomic E-state index is 0.139. The fourth-order valence-corrected chi connectivity index (χ4v) is 1.06. The molecule has 0 saturated heterocycles. The second kappa shape index (κ2) is 4.97. The lowest BCUT2D eigenvalue weighted by Gasteiger charge is -2.13. The van der Waals surface area contributed by atoms with Gasteiger partial charge in [-0.05, 0) is 18.6 Å². The molecule has 0 aliphatic carbocycles. The van der Waals surface area contributed by atoms with Gasteiger partial charge in [0.05, 0.1) is 0 Å².